The molecule has 7 heteroatoms. The Balaban J connectivity index is 2.07. The molecule has 1 aromatic carbocycles. The highest BCUT2D eigenvalue weighted by molar-refractivity contribution is 7.13. The number of rotatable bonds is 8. The SMILES string of the molecule is CCCCCC(=O)c1cc(C)ccc1NC(=O)Nc1nc(CO)cs1. The van der Waals surface area contributed by atoms with Crippen molar-refractivity contribution in [3.63, 3.8) is 0 Å². The summed E-state index contributed by atoms with van der Waals surface area (Å²) in [5.41, 5.74) is 2.49. The molecule has 2 rings (SSSR count). The molecule has 0 fully saturated rings. The van der Waals surface area contributed by atoms with E-state index in [0.717, 1.165) is 24.8 Å². The fraction of sp³-hybridized carbons (Fsp3) is 0.389. The van der Waals surface area contributed by atoms with Crippen LogP contribution in [-0.4, -0.2) is 21.9 Å². The van der Waals surface area contributed by atoms with Crippen molar-refractivity contribution in [2.75, 3.05) is 10.6 Å². The van der Waals surface area contributed by atoms with Crippen molar-refractivity contribution in [1.82, 2.24) is 4.98 Å². The lowest BCUT2D eigenvalue weighted by atomic mass is 10.0. The van der Waals surface area contributed by atoms with Gasteiger partial charge in [-0.3, -0.25) is 10.1 Å². The van der Waals surface area contributed by atoms with Gasteiger partial charge in [-0.05, 0) is 25.5 Å². The molecule has 0 saturated carbocycles. The van der Waals surface area contributed by atoms with Crippen LogP contribution in [0.5, 0.6) is 0 Å². The van der Waals surface area contributed by atoms with E-state index >= 15 is 0 Å². The Kier molecular flexibility index (Phi) is 7.09. The van der Waals surface area contributed by atoms with E-state index in [0.29, 0.717) is 28.5 Å². The molecule has 0 bridgehead atoms. The van der Waals surface area contributed by atoms with E-state index in [-0.39, 0.29) is 12.4 Å². The van der Waals surface area contributed by atoms with Gasteiger partial charge in [-0.15, -0.1) is 11.3 Å². The summed E-state index contributed by atoms with van der Waals surface area (Å²) in [7, 11) is 0. The number of aliphatic hydroxyl groups excluding tert-OH is 1. The van der Waals surface area contributed by atoms with Gasteiger partial charge in [0.15, 0.2) is 10.9 Å². The lowest BCUT2D eigenvalue weighted by molar-refractivity contribution is 0.0980. The normalized spacial score (nSPS) is 10.5. The molecule has 3 N–H and O–H groups in total. The number of hydrogen-bond acceptors (Lipinski definition) is 5. The van der Waals surface area contributed by atoms with Gasteiger partial charge in [0.1, 0.15) is 0 Å². The summed E-state index contributed by atoms with van der Waals surface area (Å²) >= 11 is 1.23. The third-order valence-electron chi connectivity index (χ3n) is 3.67. The van der Waals surface area contributed by atoms with E-state index in [4.69, 9.17) is 5.11 Å². The minimum atomic E-state index is -0.467. The van der Waals surface area contributed by atoms with Gasteiger partial charge in [0, 0.05) is 17.4 Å². The number of anilines is 2. The fourth-order valence-electron chi connectivity index (χ4n) is 2.36. The number of amides is 2. The third kappa shape index (κ3) is 5.65. The first-order valence-electron chi connectivity index (χ1n) is 8.30. The van der Waals surface area contributed by atoms with E-state index in [9.17, 15) is 9.59 Å². The Hall–Kier alpha value is -2.25. The molecule has 0 unspecified atom stereocenters. The summed E-state index contributed by atoms with van der Waals surface area (Å²) in [4.78, 5) is 28.7. The van der Waals surface area contributed by atoms with E-state index in [1.54, 1.807) is 17.5 Å². The molecule has 0 aliphatic rings. The summed E-state index contributed by atoms with van der Waals surface area (Å²) in [6.45, 7) is 3.84. The Morgan fingerprint density at radius 3 is 2.72 bits per heavy atom. The van der Waals surface area contributed by atoms with Crippen LogP contribution in [0.1, 0.15) is 54.2 Å². The summed E-state index contributed by atoms with van der Waals surface area (Å²) in [6.07, 6.45) is 3.38. The molecule has 0 aliphatic heterocycles. The minimum Gasteiger partial charge on any atom is -0.390 e. The predicted molar refractivity (Wildman–Crippen MR) is 100 cm³/mol. The zero-order valence-electron chi connectivity index (χ0n) is 14.5. The van der Waals surface area contributed by atoms with Crippen LogP contribution in [0.25, 0.3) is 0 Å². The molecular weight excluding hydrogens is 338 g/mol. The van der Waals surface area contributed by atoms with Gasteiger partial charge >= 0.3 is 6.03 Å². The zero-order valence-corrected chi connectivity index (χ0v) is 15.3. The van der Waals surface area contributed by atoms with Crippen LogP contribution in [0.2, 0.25) is 0 Å². The van der Waals surface area contributed by atoms with Crippen molar-refractivity contribution >= 4 is 34.0 Å². The van der Waals surface area contributed by atoms with Gasteiger partial charge in [-0.1, -0.05) is 31.4 Å². The number of benzene rings is 1. The summed E-state index contributed by atoms with van der Waals surface area (Å²) in [5, 5.41) is 16.4. The van der Waals surface area contributed by atoms with Crippen LogP contribution in [0, 0.1) is 6.92 Å². The summed E-state index contributed by atoms with van der Waals surface area (Å²) in [6, 6.07) is 4.93. The number of carbonyl (C=O) groups is 2. The Labute approximate surface area is 151 Å². The number of aromatic nitrogens is 1. The standard InChI is InChI=1S/C18H23N3O3S/c1-3-4-5-6-16(23)14-9-12(2)7-8-15(14)20-17(24)21-18-19-13(10-22)11-25-18/h7-9,11,22H,3-6,10H2,1-2H3,(H2,19,20,21,24). The van der Waals surface area contributed by atoms with Crippen molar-refractivity contribution in [2.24, 2.45) is 0 Å². The quantitative estimate of drug-likeness (QED) is 0.481. The minimum absolute atomic E-state index is 0.0317. The second kappa shape index (κ2) is 9.29. The molecule has 2 amide bonds. The largest absolute Gasteiger partial charge is 0.390 e. The highest BCUT2D eigenvalue weighted by Gasteiger charge is 2.14. The van der Waals surface area contributed by atoms with E-state index in [1.807, 2.05) is 13.0 Å². The zero-order chi connectivity index (χ0) is 18.2. The highest BCUT2D eigenvalue weighted by atomic mass is 32.1. The first-order valence-corrected chi connectivity index (χ1v) is 9.18. The number of unbranched alkanes of at least 4 members (excludes halogenated alkanes) is 2. The Morgan fingerprint density at radius 2 is 2.04 bits per heavy atom. The van der Waals surface area contributed by atoms with Crippen LogP contribution in [0.3, 0.4) is 0 Å². The maximum atomic E-state index is 12.5. The molecule has 1 aromatic heterocycles. The Bertz CT molecular complexity index is 743. The molecule has 25 heavy (non-hydrogen) atoms. The summed E-state index contributed by atoms with van der Waals surface area (Å²) in [5.74, 6) is 0.0317. The molecule has 0 radical (unpaired) electrons. The van der Waals surface area contributed by atoms with Crippen LogP contribution in [0.15, 0.2) is 23.6 Å². The van der Waals surface area contributed by atoms with Gasteiger partial charge in [-0.25, -0.2) is 9.78 Å². The van der Waals surface area contributed by atoms with Crippen molar-refractivity contribution in [3.05, 3.63) is 40.4 Å². The number of aryl methyl sites for hydroxylation is 1. The fourth-order valence-corrected chi connectivity index (χ4v) is 3.05. The maximum absolute atomic E-state index is 12.5. The molecule has 134 valence electrons. The number of carbonyl (C=O) groups excluding carboxylic acids is 2. The number of thiazole rings is 1. The second-order valence-corrected chi connectivity index (χ2v) is 6.67. The number of hydrogen-bond donors (Lipinski definition) is 3. The molecular formula is C18H23N3O3S. The van der Waals surface area contributed by atoms with E-state index < -0.39 is 6.03 Å². The lowest BCUT2D eigenvalue weighted by Gasteiger charge is -2.11. The lowest BCUT2D eigenvalue weighted by Crippen LogP contribution is -2.21. The molecule has 6 nitrogen and oxygen atoms in total. The van der Waals surface area contributed by atoms with Crippen LogP contribution in [0.4, 0.5) is 15.6 Å². The monoisotopic (exact) mass is 361 g/mol. The van der Waals surface area contributed by atoms with Crippen LogP contribution >= 0.6 is 11.3 Å². The topological polar surface area (TPSA) is 91.3 Å². The van der Waals surface area contributed by atoms with E-state index in [2.05, 4.69) is 22.5 Å². The summed E-state index contributed by atoms with van der Waals surface area (Å²) < 4.78 is 0. The molecule has 2 aromatic rings. The second-order valence-electron chi connectivity index (χ2n) is 5.81. The van der Waals surface area contributed by atoms with Gasteiger partial charge < -0.3 is 10.4 Å². The third-order valence-corrected chi connectivity index (χ3v) is 4.47. The van der Waals surface area contributed by atoms with E-state index in [1.165, 1.54) is 11.3 Å². The number of nitrogens with one attached hydrogen (secondary N) is 2. The van der Waals surface area contributed by atoms with Gasteiger partial charge in [0.05, 0.1) is 18.0 Å². The average Bonchev–Trinajstić information content (AvgIpc) is 3.04. The molecule has 0 atom stereocenters. The highest BCUT2D eigenvalue weighted by Crippen LogP contribution is 2.21. The van der Waals surface area contributed by atoms with Crippen molar-refractivity contribution in [2.45, 2.75) is 46.1 Å². The van der Waals surface area contributed by atoms with Crippen molar-refractivity contribution < 1.29 is 14.7 Å². The van der Waals surface area contributed by atoms with Crippen molar-refractivity contribution in [1.29, 1.82) is 0 Å². The molecule has 0 aliphatic carbocycles. The van der Waals surface area contributed by atoms with Crippen LogP contribution in [-0.2, 0) is 6.61 Å². The van der Waals surface area contributed by atoms with Crippen LogP contribution < -0.4 is 10.6 Å². The number of urea groups is 1. The number of aliphatic hydroxyl groups is 1. The van der Waals surface area contributed by atoms with Gasteiger partial charge in [0.2, 0.25) is 0 Å². The van der Waals surface area contributed by atoms with Gasteiger partial charge in [0.25, 0.3) is 0 Å². The average molecular weight is 361 g/mol. The smallest absolute Gasteiger partial charge is 0.325 e. The van der Waals surface area contributed by atoms with Gasteiger partial charge in [-0.2, -0.15) is 0 Å². The molecule has 0 saturated heterocycles. The number of Topliss-reactive ketones (excluding diaryl/α,β-unsaturated/α-hetero) is 1. The molecule has 1 heterocycles. The molecule has 0 spiro atoms. The number of nitrogens with zero attached hydrogens (tertiary/aromatic N) is 1. The number of ketones is 1. The maximum Gasteiger partial charge on any atom is 0.325 e. The van der Waals surface area contributed by atoms with Crippen molar-refractivity contribution in [3.8, 4) is 0 Å². The predicted octanol–water partition coefficient (Wildman–Crippen LogP) is 4.35. The first-order chi connectivity index (χ1) is 12.0. The first kappa shape index (κ1) is 19.1. The Morgan fingerprint density at radius 1 is 1.24 bits per heavy atom.